The summed E-state index contributed by atoms with van der Waals surface area (Å²) in [5.74, 6) is 6.30. The third-order valence-corrected chi connectivity index (χ3v) is 3.89. The third-order valence-electron chi connectivity index (χ3n) is 2.85. The molecule has 0 spiro atoms. The van der Waals surface area contributed by atoms with Crippen LogP contribution in [0.4, 0.5) is 0 Å². The van der Waals surface area contributed by atoms with Crippen molar-refractivity contribution in [3.8, 4) is 0 Å². The highest BCUT2D eigenvalue weighted by molar-refractivity contribution is 7.10. The van der Waals surface area contributed by atoms with Crippen LogP contribution in [0.2, 0.25) is 0 Å². The van der Waals surface area contributed by atoms with Crippen LogP contribution in [0.25, 0.3) is 0 Å². The summed E-state index contributed by atoms with van der Waals surface area (Å²) in [7, 11) is 2.02. The second-order valence-electron chi connectivity index (χ2n) is 4.13. The molecule has 0 saturated heterocycles. The van der Waals surface area contributed by atoms with Crippen LogP contribution in [0.1, 0.15) is 30.7 Å². The fourth-order valence-corrected chi connectivity index (χ4v) is 2.34. The lowest BCUT2D eigenvalue weighted by atomic mass is 10.2. The van der Waals surface area contributed by atoms with Gasteiger partial charge in [-0.3, -0.25) is 5.43 Å². The molecule has 0 bridgehead atoms. The largest absolute Gasteiger partial charge is 0.337 e. The smallest absolute Gasteiger partial charge is 0.208 e. The van der Waals surface area contributed by atoms with Crippen molar-refractivity contribution in [2.45, 2.75) is 31.8 Å². The van der Waals surface area contributed by atoms with Crippen LogP contribution in [0, 0.1) is 0 Å². The molecule has 88 valence electrons. The van der Waals surface area contributed by atoms with Crippen molar-refractivity contribution in [1.82, 2.24) is 10.3 Å². The van der Waals surface area contributed by atoms with Gasteiger partial charge in [0.1, 0.15) is 0 Å². The zero-order valence-corrected chi connectivity index (χ0v) is 10.5. The number of hydrogen-bond donors (Lipinski definition) is 2. The molecule has 16 heavy (non-hydrogen) atoms. The molecule has 4 nitrogen and oxygen atoms in total. The van der Waals surface area contributed by atoms with Crippen molar-refractivity contribution < 1.29 is 0 Å². The number of hydrogen-bond acceptors (Lipinski definition) is 3. The fraction of sp³-hybridized carbons (Fsp3) is 0.545. The lowest BCUT2D eigenvalue weighted by molar-refractivity contribution is 0.392. The number of hydrazine groups is 1. The predicted octanol–water partition coefficient (Wildman–Crippen LogP) is 1.72. The minimum Gasteiger partial charge on any atom is -0.337 e. The van der Waals surface area contributed by atoms with Crippen molar-refractivity contribution >= 4 is 17.3 Å². The number of nitrogens with two attached hydrogens (primary N) is 1. The van der Waals surface area contributed by atoms with Gasteiger partial charge < -0.3 is 4.90 Å². The van der Waals surface area contributed by atoms with E-state index >= 15 is 0 Å². The van der Waals surface area contributed by atoms with Gasteiger partial charge in [-0.05, 0) is 31.2 Å². The fourth-order valence-electron chi connectivity index (χ4n) is 1.51. The minimum absolute atomic E-state index is 0.300. The highest BCUT2D eigenvalue weighted by atomic mass is 32.1. The Hall–Kier alpha value is -1.07. The highest BCUT2D eigenvalue weighted by Gasteiger charge is 2.23. The SMILES string of the molecule is CC(c1cccs1)N(C)C(=NC1CC1)NN. The van der Waals surface area contributed by atoms with Gasteiger partial charge in [0.05, 0.1) is 12.1 Å². The van der Waals surface area contributed by atoms with E-state index in [2.05, 4.69) is 39.8 Å². The van der Waals surface area contributed by atoms with Crippen LogP contribution in [0.15, 0.2) is 22.5 Å². The summed E-state index contributed by atoms with van der Waals surface area (Å²) in [4.78, 5) is 7.96. The number of nitrogens with one attached hydrogen (secondary N) is 1. The molecule has 1 fully saturated rings. The summed E-state index contributed by atoms with van der Waals surface area (Å²) < 4.78 is 0. The first-order chi connectivity index (χ1) is 7.72. The van der Waals surface area contributed by atoms with Gasteiger partial charge in [0, 0.05) is 11.9 Å². The van der Waals surface area contributed by atoms with E-state index in [9.17, 15) is 0 Å². The zero-order chi connectivity index (χ0) is 11.5. The summed E-state index contributed by atoms with van der Waals surface area (Å²) in [6.45, 7) is 2.16. The molecular formula is C11H18N4S. The molecule has 2 rings (SSSR count). The summed E-state index contributed by atoms with van der Waals surface area (Å²) in [5.41, 5.74) is 2.70. The summed E-state index contributed by atoms with van der Waals surface area (Å²) in [5, 5.41) is 2.09. The average molecular weight is 238 g/mol. The van der Waals surface area contributed by atoms with E-state index in [0.717, 1.165) is 5.96 Å². The van der Waals surface area contributed by atoms with Gasteiger partial charge in [-0.15, -0.1) is 11.3 Å². The number of guanidine groups is 1. The van der Waals surface area contributed by atoms with E-state index in [4.69, 9.17) is 5.84 Å². The molecule has 0 radical (unpaired) electrons. The Morgan fingerprint density at radius 1 is 1.69 bits per heavy atom. The van der Waals surface area contributed by atoms with E-state index in [1.165, 1.54) is 17.7 Å². The Morgan fingerprint density at radius 2 is 2.44 bits per heavy atom. The Morgan fingerprint density at radius 3 is 2.94 bits per heavy atom. The molecule has 1 aromatic heterocycles. The first kappa shape index (κ1) is 11.4. The Labute approximate surface area is 100 Å². The molecule has 1 aromatic rings. The topological polar surface area (TPSA) is 53.6 Å². The lowest BCUT2D eigenvalue weighted by Crippen LogP contribution is -2.43. The molecule has 1 atom stereocenters. The molecule has 3 N–H and O–H groups in total. The summed E-state index contributed by atoms with van der Waals surface area (Å²) >= 11 is 1.76. The van der Waals surface area contributed by atoms with Crippen LogP contribution in [-0.4, -0.2) is 23.9 Å². The molecule has 1 aliphatic rings. The Balaban J connectivity index is 2.07. The molecular weight excluding hydrogens is 220 g/mol. The maximum absolute atomic E-state index is 5.52. The molecule has 5 heteroatoms. The van der Waals surface area contributed by atoms with Gasteiger partial charge >= 0.3 is 0 Å². The molecule has 1 aliphatic carbocycles. The van der Waals surface area contributed by atoms with E-state index in [-0.39, 0.29) is 0 Å². The number of aliphatic imine (C=N–C) groups is 1. The molecule has 0 aromatic carbocycles. The molecule has 1 saturated carbocycles. The van der Waals surface area contributed by atoms with Gasteiger partial charge in [0.15, 0.2) is 0 Å². The van der Waals surface area contributed by atoms with Crippen LogP contribution >= 0.6 is 11.3 Å². The van der Waals surface area contributed by atoms with E-state index in [0.29, 0.717) is 12.1 Å². The maximum atomic E-state index is 5.52. The number of rotatable bonds is 3. The first-order valence-corrected chi connectivity index (χ1v) is 6.41. The van der Waals surface area contributed by atoms with Crippen molar-refractivity contribution in [1.29, 1.82) is 0 Å². The maximum Gasteiger partial charge on any atom is 0.208 e. The van der Waals surface area contributed by atoms with E-state index in [1.54, 1.807) is 11.3 Å². The zero-order valence-electron chi connectivity index (χ0n) is 9.68. The van der Waals surface area contributed by atoms with Gasteiger partial charge in [-0.1, -0.05) is 6.07 Å². The van der Waals surface area contributed by atoms with Crippen molar-refractivity contribution in [2.75, 3.05) is 7.05 Å². The minimum atomic E-state index is 0.300. The highest BCUT2D eigenvalue weighted by Crippen LogP contribution is 2.26. The normalized spacial score (nSPS) is 18.3. The second-order valence-corrected chi connectivity index (χ2v) is 5.11. The van der Waals surface area contributed by atoms with Crippen LogP contribution in [-0.2, 0) is 0 Å². The first-order valence-electron chi connectivity index (χ1n) is 5.53. The second kappa shape index (κ2) is 4.84. The quantitative estimate of drug-likeness (QED) is 0.365. The molecule has 0 aliphatic heterocycles. The summed E-state index contributed by atoms with van der Waals surface area (Å²) in [6, 6.07) is 4.98. The van der Waals surface area contributed by atoms with Gasteiger partial charge in [-0.25, -0.2) is 10.8 Å². The third kappa shape index (κ3) is 2.54. The Kier molecular flexibility index (Phi) is 3.46. The molecule has 1 heterocycles. The number of thiophene rings is 1. The lowest BCUT2D eigenvalue weighted by Gasteiger charge is -2.26. The van der Waals surface area contributed by atoms with E-state index < -0.39 is 0 Å². The van der Waals surface area contributed by atoms with Crippen LogP contribution in [0.5, 0.6) is 0 Å². The standard InChI is InChI=1S/C11H18N4S/c1-8(10-4-3-7-16-10)15(2)11(14-12)13-9-5-6-9/h3-4,7-9H,5-6,12H2,1-2H3,(H,13,14). The van der Waals surface area contributed by atoms with Gasteiger partial charge in [-0.2, -0.15) is 0 Å². The van der Waals surface area contributed by atoms with Crippen LogP contribution in [0.3, 0.4) is 0 Å². The number of nitrogens with zero attached hydrogens (tertiary/aromatic N) is 2. The van der Waals surface area contributed by atoms with Crippen molar-refractivity contribution in [2.24, 2.45) is 10.8 Å². The molecule has 0 amide bonds. The average Bonchev–Trinajstić information content (AvgIpc) is 2.94. The Bertz CT molecular complexity index is 356. The van der Waals surface area contributed by atoms with Gasteiger partial charge in [0.25, 0.3) is 0 Å². The monoisotopic (exact) mass is 238 g/mol. The summed E-state index contributed by atoms with van der Waals surface area (Å²) in [6.07, 6.45) is 2.37. The van der Waals surface area contributed by atoms with Crippen molar-refractivity contribution in [3.05, 3.63) is 22.4 Å². The van der Waals surface area contributed by atoms with E-state index in [1.807, 2.05) is 7.05 Å². The molecule has 1 unspecified atom stereocenters. The van der Waals surface area contributed by atoms with Gasteiger partial charge in [0.2, 0.25) is 5.96 Å². The van der Waals surface area contributed by atoms with Crippen molar-refractivity contribution in [3.63, 3.8) is 0 Å². The predicted molar refractivity (Wildman–Crippen MR) is 68.3 cm³/mol. The van der Waals surface area contributed by atoms with Crippen LogP contribution < -0.4 is 11.3 Å².